The van der Waals surface area contributed by atoms with Gasteiger partial charge in [-0.1, -0.05) is 29.8 Å². The number of nitrogens with zero attached hydrogens (tertiary/aromatic N) is 4. The smallest absolute Gasteiger partial charge is 0.257 e. The van der Waals surface area contributed by atoms with Gasteiger partial charge in [-0.2, -0.15) is 5.10 Å². The molecule has 0 saturated carbocycles. The normalized spacial score (nSPS) is 14.8. The van der Waals surface area contributed by atoms with Gasteiger partial charge in [-0.05, 0) is 31.2 Å². The van der Waals surface area contributed by atoms with E-state index in [9.17, 15) is 9.18 Å². The van der Waals surface area contributed by atoms with Gasteiger partial charge in [0.25, 0.3) is 5.91 Å². The zero-order valence-electron chi connectivity index (χ0n) is 17.0. The van der Waals surface area contributed by atoms with E-state index >= 15 is 0 Å². The Kier molecular flexibility index (Phi) is 5.92. The summed E-state index contributed by atoms with van der Waals surface area (Å²) in [4.78, 5) is 17.3. The van der Waals surface area contributed by atoms with Crippen LogP contribution in [0.5, 0.6) is 0 Å². The van der Waals surface area contributed by atoms with Gasteiger partial charge in [0, 0.05) is 44.5 Å². The summed E-state index contributed by atoms with van der Waals surface area (Å²) in [5.74, 6) is -0.385. The molecule has 0 aliphatic carbocycles. The van der Waals surface area contributed by atoms with E-state index in [2.05, 4.69) is 10.00 Å². The number of hydrogen-bond acceptors (Lipinski definition) is 4. The number of β-amino-alcohol motifs (C(OH)–C–C–N with tert-alkyl or cyclic N) is 1. The number of aliphatic hydroxyl groups excluding tert-OH is 1. The molecule has 2 heterocycles. The number of aliphatic hydroxyl groups is 1. The van der Waals surface area contributed by atoms with E-state index in [0.29, 0.717) is 36.6 Å². The lowest BCUT2D eigenvalue weighted by Crippen LogP contribution is -2.49. The molecule has 1 fully saturated rings. The third-order valence-corrected chi connectivity index (χ3v) is 5.44. The molecule has 0 radical (unpaired) electrons. The van der Waals surface area contributed by atoms with Crippen LogP contribution in [-0.2, 0) is 0 Å². The van der Waals surface area contributed by atoms with Crippen LogP contribution < -0.4 is 0 Å². The summed E-state index contributed by atoms with van der Waals surface area (Å²) in [5.41, 5.74) is 3.82. The third-order valence-electron chi connectivity index (χ3n) is 5.44. The first-order valence-electron chi connectivity index (χ1n) is 10.1. The summed E-state index contributed by atoms with van der Waals surface area (Å²) in [6.45, 7) is 5.44. The number of piperazine rings is 1. The molecule has 4 rings (SSSR count). The largest absolute Gasteiger partial charge is 0.395 e. The summed E-state index contributed by atoms with van der Waals surface area (Å²) in [5, 5.41) is 13.8. The lowest BCUT2D eigenvalue weighted by molar-refractivity contribution is 0.0615. The van der Waals surface area contributed by atoms with Crippen LogP contribution in [0.1, 0.15) is 15.9 Å². The summed E-state index contributed by atoms with van der Waals surface area (Å²) >= 11 is 0. The molecule has 0 atom stereocenters. The van der Waals surface area contributed by atoms with Gasteiger partial charge in [0.15, 0.2) is 0 Å². The molecule has 0 unspecified atom stereocenters. The lowest BCUT2D eigenvalue weighted by atomic mass is 10.1. The second-order valence-corrected chi connectivity index (χ2v) is 7.54. The molecule has 0 spiro atoms. The molecule has 156 valence electrons. The van der Waals surface area contributed by atoms with Crippen molar-refractivity contribution < 1.29 is 14.3 Å². The molecule has 30 heavy (non-hydrogen) atoms. The van der Waals surface area contributed by atoms with Crippen LogP contribution in [0.4, 0.5) is 4.39 Å². The second-order valence-electron chi connectivity index (χ2n) is 7.54. The summed E-state index contributed by atoms with van der Waals surface area (Å²) < 4.78 is 15.0. The average Bonchev–Trinajstić information content (AvgIpc) is 3.20. The first kappa shape index (κ1) is 20.3. The number of amides is 1. The van der Waals surface area contributed by atoms with Crippen molar-refractivity contribution in [2.45, 2.75) is 6.92 Å². The molecule has 2 aromatic carbocycles. The van der Waals surface area contributed by atoms with E-state index in [1.54, 1.807) is 23.0 Å². The fourth-order valence-corrected chi connectivity index (χ4v) is 3.67. The maximum Gasteiger partial charge on any atom is 0.257 e. The summed E-state index contributed by atoms with van der Waals surface area (Å²) in [6.07, 6.45) is 1.73. The first-order chi connectivity index (χ1) is 14.5. The highest BCUT2D eigenvalue weighted by molar-refractivity contribution is 6.00. The van der Waals surface area contributed by atoms with Crippen molar-refractivity contribution >= 4 is 5.91 Å². The molecule has 0 bridgehead atoms. The molecule has 3 aromatic rings. The molecule has 1 saturated heterocycles. The van der Waals surface area contributed by atoms with Crippen LogP contribution in [0.3, 0.4) is 0 Å². The standard InChI is InChI=1S/C23H25FN4O2/c1-17-2-4-18(5-3-17)22-21(16-28(25-22)20-8-6-19(24)7-9-20)23(30)27-12-10-26(11-13-27)14-15-29/h2-9,16,29H,10-15H2,1H3. The van der Waals surface area contributed by atoms with E-state index in [1.165, 1.54) is 12.1 Å². The van der Waals surface area contributed by atoms with Gasteiger partial charge in [0.05, 0.1) is 17.9 Å². The number of hydrogen-bond donors (Lipinski definition) is 1. The topological polar surface area (TPSA) is 61.6 Å². The quantitative estimate of drug-likeness (QED) is 0.705. The van der Waals surface area contributed by atoms with Crippen LogP contribution in [0.2, 0.25) is 0 Å². The number of carbonyl (C=O) groups excluding carboxylic acids is 1. The molecule has 1 aliphatic rings. The Balaban J connectivity index is 1.67. The monoisotopic (exact) mass is 408 g/mol. The number of aromatic nitrogens is 2. The number of carbonyl (C=O) groups is 1. The fraction of sp³-hybridized carbons (Fsp3) is 0.304. The van der Waals surface area contributed by atoms with Crippen molar-refractivity contribution in [1.29, 1.82) is 0 Å². The Labute approximate surface area is 175 Å². The Morgan fingerprint density at radius 3 is 2.33 bits per heavy atom. The maximum atomic E-state index is 13.4. The minimum atomic E-state index is -0.318. The number of rotatable bonds is 5. The zero-order chi connectivity index (χ0) is 21.1. The van der Waals surface area contributed by atoms with E-state index in [1.807, 2.05) is 36.1 Å². The minimum Gasteiger partial charge on any atom is -0.395 e. The molecule has 1 amide bonds. The van der Waals surface area contributed by atoms with Crippen LogP contribution in [0, 0.1) is 12.7 Å². The predicted molar refractivity (Wildman–Crippen MR) is 113 cm³/mol. The fourth-order valence-electron chi connectivity index (χ4n) is 3.67. The predicted octanol–water partition coefficient (Wildman–Crippen LogP) is 2.74. The maximum absolute atomic E-state index is 13.4. The van der Waals surface area contributed by atoms with Crippen molar-refractivity contribution in [2.24, 2.45) is 0 Å². The van der Waals surface area contributed by atoms with E-state index in [0.717, 1.165) is 24.2 Å². The van der Waals surface area contributed by atoms with Crippen molar-refractivity contribution in [2.75, 3.05) is 39.3 Å². The molecular formula is C23H25FN4O2. The molecular weight excluding hydrogens is 383 g/mol. The van der Waals surface area contributed by atoms with Gasteiger partial charge < -0.3 is 10.0 Å². The van der Waals surface area contributed by atoms with Crippen LogP contribution in [-0.4, -0.2) is 69.9 Å². The van der Waals surface area contributed by atoms with Crippen molar-refractivity contribution in [1.82, 2.24) is 19.6 Å². The van der Waals surface area contributed by atoms with E-state index in [4.69, 9.17) is 5.11 Å². The van der Waals surface area contributed by atoms with Gasteiger partial charge in [0.1, 0.15) is 11.5 Å². The van der Waals surface area contributed by atoms with Gasteiger partial charge in [-0.15, -0.1) is 0 Å². The van der Waals surface area contributed by atoms with Crippen molar-refractivity contribution in [3.05, 3.63) is 71.7 Å². The minimum absolute atomic E-state index is 0.0671. The molecule has 1 aromatic heterocycles. The molecule has 1 N–H and O–H groups in total. The van der Waals surface area contributed by atoms with E-state index < -0.39 is 0 Å². The highest BCUT2D eigenvalue weighted by Crippen LogP contribution is 2.26. The van der Waals surface area contributed by atoms with Gasteiger partial charge in [0.2, 0.25) is 0 Å². The van der Waals surface area contributed by atoms with Crippen LogP contribution >= 0.6 is 0 Å². The number of halogens is 1. The van der Waals surface area contributed by atoms with Crippen LogP contribution in [0.15, 0.2) is 54.7 Å². The molecule has 1 aliphatic heterocycles. The third kappa shape index (κ3) is 4.27. The zero-order valence-corrected chi connectivity index (χ0v) is 17.0. The van der Waals surface area contributed by atoms with Crippen molar-refractivity contribution in [3.8, 4) is 16.9 Å². The molecule has 6 nitrogen and oxygen atoms in total. The van der Waals surface area contributed by atoms with Crippen LogP contribution in [0.25, 0.3) is 16.9 Å². The van der Waals surface area contributed by atoms with Gasteiger partial charge in [-0.3, -0.25) is 9.69 Å². The number of benzene rings is 2. The van der Waals surface area contributed by atoms with Crippen molar-refractivity contribution in [3.63, 3.8) is 0 Å². The Hall–Kier alpha value is -3.03. The summed E-state index contributed by atoms with van der Waals surface area (Å²) in [7, 11) is 0. The van der Waals surface area contributed by atoms with Gasteiger partial charge >= 0.3 is 0 Å². The second kappa shape index (κ2) is 8.77. The van der Waals surface area contributed by atoms with Gasteiger partial charge in [-0.25, -0.2) is 9.07 Å². The van der Waals surface area contributed by atoms with E-state index in [-0.39, 0.29) is 18.3 Å². The highest BCUT2D eigenvalue weighted by atomic mass is 19.1. The highest BCUT2D eigenvalue weighted by Gasteiger charge is 2.26. The Morgan fingerprint density at radius 1 is 1.03 bits per heavy atom. The Bertz CT molecular complexity index is 1010. The first-order valence-corrected chi connectivity index (χ1v) is 10.1. The number of aryl methyl sites for hydroxylation is 1. The lowest BCUT2D eigenvalue weighted by Gasteiger charge is -2.34. The molecule has 7 heteroatoms. The SMILES string of the molecule is Cc1ccc(-c2nn(-c3ccc(F)cc3)cc2C(=O)N2CCN(CCO)CC2)cc1. The average molecular weight is 408 g/mol. The summed E-state index contributed by atoms with van der Waals surface area (Å²) in [6, 6.07) is 14.0. The Morgan fingerprint density at radius 2 is 1.70 bits per heavy atom.